The van der Waals surface area contributed by atoms with Crippen LogP contribution in [0.1, 0.15) is 44.7 Å². The average Bonchev–Trinajstić information content (AvgIpc) is 2.67. The summed E-state index contributed by atoms with van der Waals surface area (Å²) >= 11 is 12.7. The molecule has 1 N–H and O–H groups in total. The van der Waals surface area contributed by atoms with E-state index in [1.807, 2.05) is 51.1 Å². The first-order valence-corrected chi connectivity index (χ1v) is 10.7. The lowest BCUT2D eigenvalue weighted by atomic mass is 10.0. The van der Waals surface area contributed by atoms with Gasteiger partial charge in [-0.2, -0.15) is 0 Å². The van der Waals surface area contributed by atoms with Crippen molar-refractivity contribution >= 4 is 35.0 Å². The third kappa shape index (κ3) is 6.76. The average molecular weight is 435 g/mol. The maximum absolute atomic E-state index is 13.1. The molecule has 0 spiro atoms. The largest absolute Gasteiger partial charge is 0.352 e. The molecule has 0 aliphatic heterocycles. The van der Waals surface area contributed by atoms with E-state index in [9.17, 15) is 9.59 Å². The van der Waals surface area contributed by atoms with Crippen LogP contribution in [0.15, 0.2) is 48.5 Å². The Hall–Kier alpha value is -2.04. The molecular weight excluding hydrogens is 407 g/mol. The van der Waals surface area contributed by atoms with Crippen molar-refractivity contribution in [1.82, 2.24) is 10.2 Å². The van der Waals surface area contributed by atoms with Gasteiger partial charge in [-0.05, 0) is 38.0 Å². The van der Waals surface area contributed by atoms with Gasteiger partial charge in [0.05, 0.1) is 0 Å². The molecule has 0 unspecified atom stereocenters. The Bertz CT molecular complexity index is 805. The Morgan fingerprint density at radius 1 is 1.00 bits per heavy atom. The van der Waals surface area contributed by atoms with Crippen LogP contribution < -0.4 is 5.32 Å². The Balaban J connectivity index is 2.44. The number of rotatable bonds is 9. The van der Waals surface area contributed by atoms with Gasteiger partial charge in [0.25, 0.3) is 0 Å². The quantitative estimate of drug-likeness (QED) is 0.584. The highest BCUT2D eigenvalue weighted by Gasteiger charge is 2.31. The molecule has 6 heteroatoms. The zero-order valence-electron chi connectivity index (χ0n) is 17.1. The van der Waals surface area contributed by atoms with Gasteiger partial charge in [0.15, 0.2) is 0 Å². The highest BCUT2D eigenvalue weighted by atomic mass is 35.5. The third-order valence-corrected chi connectivity index (χ3v) is 5.26. The fourth-order valence-electron chi connectivity index (χ4n) is 3.15. The molecule has 2 aromatic rings. The van der Waals surface area contributed by atoms with Gasteiger partial charge in [-0.1, -0.05) is 66.5 Å². The third-order valence-electron chi connectivity index (χ3n) is 4.56. The van der Waals surface area contributed by atoms with Crippen LogP contribution in [0.25, 0.3) is 0 Å². The molecule has 29 heavy (non-hydrogen) atoms. The second kappa shape index (κ2) is 11.2. The van der Waals surface area contributed by atoms with E-state index in [-0.39, 0.29) is 24.4 Å². The molecule has 0 saturated heterocycles. The van der Waals surface area contributed by atoms with Crippen molar-refractivity contribution < 1.29 is 9.59 Å². The predicted octanol–water partition coefficient (Wildman–Crippen LogP) is 5.26. The summed E-state index contributed by atoms with van der Waals surface area (Å²) in [4.78, 5) is 27.8. The minimum atomic E-state index is -0.661. The summed E-state index contributed by atoms with van der Waals surface area (Å²) in [6.45, 7) is 5.93. The van der Waals surface area contributed by atoms with Crippen LogP contribution in [0.4, 0.5) is 0 Å². The number of carbonyl (C=O) groups is 2. The summed E-state index contributed by atoms with van der Waals surface area (Å²) in [5, 5.41) is 3.92. The van der Waals surface area contributed by atoms with Crippen LogP contribution in [0.5, 0.6) is 0 Å². The molecule has 0 heterocycles. The number of nitrogens with one attached hydrogen (secondary N) is 1. The number of carbonyl (C=O) groups excluding carboxylic acids is 2. The maximum Gasteiger partial charge on any atom is 0.243 e. The van der Waals surface area contributed by atoms with Crippen molar-refractivity contribution in [3.8, 4) is 0 Å². The number of hydrogen-bond donors (Lipinski definition) is 1. The molecule has 0 bridgehead atoms. The molecule has 0 radical (unpaired) electrons. The molecule has 0 fully saturated rings. The van der Waals surface area contributed by atoms with Gasteiger partial charge >= 0.3 is 0 Å². The highest BCUT2D eigenvalue weighted by molar-refractivity contribution is 6.36. The number of halogens is 2. The second-order valence-corrected chi connectivity index (χ2v) is 8.16. The lowest BCUT2D eigenvalue weighted by Gasteiger charge is -2.32. The normalized spacial score (nSPS) is 11.9. The zero-order valence-corrected chi connectivity index (χ0v) is 18.6. The first kappa shape index (κ1) is 23.2. The summed E-state index contributed by atoms with van der Waals surface area (Å²) in [6.07, 6.45) is 1.45. The first-order valence-electron chi connectivity index (χ1n) is 9.90. The van der Waals surface area contributed by atoms with Gasteiger partial charge in [-0.3, -0.25) is 9.59 Å². The fourth-order valence-corrected chi connectivity index (χ4v) is 3.66. The zero-order chi connectivity index (χ0) is 21.4. The van der Waals surface area contributed by atoms with Crippen LogP contribution in [-0.2, 0) is 22.6 Å². The van der Waals surface area contributed by atoms with E-state index in [0.717, 1.165) is 5.56 Å². The molecular formula is C23H28Cl2N2O2. The monoisotopic (exact) mass is 434 g/mol. The van der Waals surface area contributed by atoms with Crippen LogP contribution in [0, 0.1) is 0 Å². The Morgan fingerprint density at radius 2 is 1.62 bits per heavy atom. The lowest BCUT2D eigenvalue weighted by molar-refractivity contribution is -0.141. The topological polar surface area (TPSA) is 49.4 Å². The SMILES string of the molecule is CCCC(=O)N(Cc1c(Cl)cccc1Cl)[C@@H](Cc1ccccc1)C(=O)NC(C)C. The lowest BCUT2D eigenvalue weighted by Crippen LogP contribution is -2.51. The minimum absolute atomic E-state index is 0.0344. The molecule has 2 aromatic carbocycles. The number of benzene rings is 2. The van der Waals surface area contributed by atoms with E-state index in [4.69, 9.17) is 23.2 Å². The molecule has 0 aliphatic carbocycles. The van der Waals surface area contributed by atoms with Crippen molar-refractivity contribution in [3.05, 3.63) is 69.7 Å². The molecule has 2 rings (SSSR count). The summed E-state index contributed by atoms with van der Waals surface area (Å²) in [6, 6.07) is 14.2. The van der Waals surface area contributed by atoms with Crippen molar-refractivity contribution in [1.29, 1.82) is 0 Å². The number of amides is 2. The van der Waals surface area contributed by atoms with E-state index in [1.54, 1.807) is 23.1 Å². The number of nitrogens with zero attached hydrogens (tertiary/aromatic N) is 1. The Morgan fingerprint density at radius 3 is 2.17 bits per heavy atom. The maximum atomic E-state index is 13.1. The first-order chi connectivity index (χ1) is 13.8. The van der Waals surface area contributed by atoms with Crippen LogP contribution in [0.2, 0.25) is 10.0 Å². The van der Waals surface area contributed by atoms with Gasteiger partial charge in [-0.15, -0.1) is 0 Å². The van der Waals surface area contributed by atoms with E-state index in [2.05, 4.69) is 5.32 Å². The standard InChI is InChI=1S/C23H28Cl2N2O2/c1-4-9-22(28)27(15-18-19(24)12-8-13-20(18)25)21(23(29)26-16(2)3)14-17-10-6-5-7-11-17/h5-8,10-13,16,21H,4,9,14-15H2,1-3H3,(H,26,29)/t21-/m0/s1. The second-order valence-electron chi connectivity index (χ2n) is 7.34. The van der Waals surface area contributed by atoms with Gasteiger partial charge < -0.3 is 10.2 Å². The fraction of sp³-hybridized carbons (Fsp3) is 0.391. The van der Waals surface area contributed by atoms with Crippen LogP contribution >= 0.6 is 23.2 Å². The van der Waals surface area contributed by atoms with E-state index in [1.165, 1.54) is 0 Å². The smallest absolute Gasteiger partial charge is 0.243 e. The Kier molecular flexibility index (Phi) is 8.99. The van der Waals surface area contributed by atoms with Gasteiger partial charge in [-0.25, -0.2) is 0 Å². The molecule has 156 valence electrons. The highest BCUT2D eigenvalue weighted by Crippen LogP contribution is 2.27. The van der Waals surface area contributed by atoms with Crippen molar-refractivity contribution in [3.63, 3.8) is 0 Å². The van der Waals surface area contributed by atoms with E-state index >= 15 is 0 Å². The molecule has 0 aliphatic rings. The van der Waals surface area contributed by atoms with Gasteiger partial charge in [0.1, 0.15) is 6.04 Å². The summed E-state index contributed by atoms with van der Waals surface area (Å²) < 4.78 is 0. The molecule has 0 aromatic heterocycles. The Labute approximate surface area is 183 Å². The van der Waals surface area contributed by atoms with E-state index in [0.29, 0.717) is 34.9 Å². The van der Waals surface area contributed by atoms with Crippen LogP contribution in [-0.4, -0.2) is 28.8 Å². The summed E-state index contributed by atoms with van der Waals surface area (Å²) in [7, 11) is 0. The van der Waals surface area contributed by atoms with Gasteiger partial charge in [0, 0.05) is 41.0 Å². The number of hydrogen-bond acceptors (Lipinski definition) is 2. The molecule has 4 nitrogen and oxygen atoms in total. The van der Waals surface area contributed by atoms with Crippen LogP contribution in [0.3, 0.4) is 0 Å². The predicted molar refractivity (Wildman–Crippen MR) is 119 cm³/mol. The van der Waals surface area contributed by atoms with Crippen molar-refractivity contribution in [2.45, 2.75) is 58.7 Å². The van der Waals surface area contributed by atoms with Gasteiger partial charge in [0.2, 0.25) is 11.8 Å². The summed E-state index contributed by atoms with van der Waals surface area (Å²) in [5.41, 5.74) is 1.63. The van der Waals surface area contributed by atoms with Crippen molar-refractivity contribution in [2.75, 3.05) is 0 Å². The molecule has 2 amide bonds. The van der Waals surface area contributed by atoms with E-state index < -0.39 is 6.04 Å². The minimum Gasteiger partial charge on any atom is -0.352 e. The summed E-state index contributed by atoms with van der Waals surface area (Å²) in [5.74, 6) is -0.278. The van der Waals surface area contributed by atoms with Crippen molar-refractivity contribution in [2.24, 2.45) is 0 Å². The molecule has 0 saturated carbocycles. The molecule has 1 atom stereocenters.